The highest BCUT2D eigenvalue weighted by Gasteiger charge is 2.27. The summed E-state index contributed by atoms with van der Waals surface area (Å²) in [5.41, 5.74) is -1.02. The minimum atomic E-state index is -1.02. The Morgan fingerprint density at radius 2 is 1.95 bits per heavy atom. The van der Waals surface area contributed by atoms with Gasteiger partial charge in [-0.05, 0) is 32.0 Å². The molecule has 1 aromatic rings. The van der Waals surface area contributed by atoms with Crippen LogP contribution in [0.4, 0.5) is 8.78 Å². The summed E-state index contributed by atoms with van der Waals surface area (Å²) in [7, 11) is 0. The van der Waals surface area contributed by atoms with Gasteiger partial charge in [0.05, 0.1) is 5.41 Å². The highest BCUT2D eigenvalue weighted by atomic mass is 32.2. The van der Waals surface area contributed by atoms with Gasteiger partial charge in [-0.1, -0.05) is 0 Å². The van der Waals surface area contributed by atoms with E-state index in [0.29, 0.717) is 10.6 Å². The lowest BCUT2D eigenvalue weighted by Crippen LogP contribution is -2.38. The number of carboxylic acids is 1. The van der Waals surface area contributed by atoms with E-state index in [-0.39, 0.29) is 18.9 Å². The third kappa shape index (κ3) is 5.71. The third-order valence-corrected chi connectivity index (χ3v) is 3.79. The smallest absolute Gasteiger partial charge is 0.310 e. The molecule has 0 unspecified atom stereocenters. The van der Waals surface area contributed by atoms with E-state index in [0.717, 1.165) is 12.1 Å². The van der Waals surface area contributed by atoms with Crippen LogP contribution in [0, 0.1) is 17.0 Å². The molecule has 1 aromatic carbocycles. The number of nitrogens with one attached hydrogen (secondary N) is 1. The molecule has 0 atom stereocenters. The summed E-state index contributed by atoms with van der Waals surface area (Å²) in [5.74, 6) is -2.70. The molecule has 21 heavy (non-hydrogen) atoms. The maximum atomic E-state index is 13.0. The number of halogens is 2. The highest BCUT2D eigenvalue weighted by molar-refractivity contribution is 7.99. The predicted octanol–water partition coefficient (Wildman–Crippen LogP) is 2.67. The van der Waals surface area contributed by atoms with Crippen molar-refractivity contribution in [1.82, 2.24) is 5.32 Å². The third-order valence-electron chi connectivity index (χ3n) is 2.80. The molecule has 7 heteroatoms. The Kier molecular flexibility index (Phi) is 6.14. The molecule has 116 valence electrons. The van der Waals surface area contributed by atoms with E-state index in [1.54, 1.807) is 0 Å². The molecular weight excluding hydrogens is 300 g/mol. The van der Waals surface area contributed by atoms with Gasteiger partial charge in [0.25, 0.3) is 0 Å². The van der Waals surface area contributed by atoms with Crippen molar-refractivity contribution in [2.24, 2.45) is 5.41 Å². The first-order chi connectivity index (χ1) is 9.72. The maximum Gasteiger partial charge on any atom is 0.310 e. The topological polar surface area (TPSA) is 66.4 Å². The van der Waals surface area contributed by atoms with Crippen LogP contribution in [0.25, 0.3) is 0 Å². The van der Waals surface area contributed by atoms with Crippen molar-refractivity contribution in [3.05, 3.63) is 29.8 Å². The summed E-state index contributed by atoms with van der Waals surface area (Å²) < 4.78 is 25.7. The molecule has 0 spiro atoms. The molecule has 1 amide bonds. The van der Waals surface area contributed by atoms with Crippen LogP contribution in [0.3, 0.4) is 0 Å². The van der Waals surface area contributed by atoms with Crippen LogP contribution in [0.2, 0.25) is 0 Å². The van der Waals surface area contributed by atoms with Crippen LogP contribution in [0.1, 0.15) is 20.3 Å². The molecule has 0 bridgehead atoms. The second kappa shape index (κ2) is 7.40. The summed E-state index contributed by atoms with van der Waals surface area (Å²) in [5, 5.41) is 11.4. The molecule has 0 saturated carbocycles. The Morgan fingerprint density at radius 3 is 2.52 bits per heavy atom. The van der Waals surface area contributed by atoms with Crippen molar-refractivity contribution in [3.63, 3.8) is 0 Å². The minimum Gasteiger partial charge on any atom is -0.481 e. The van der Waals surface area contributed by atoms with Gasteiger partial charge < -0.3 is 10.4 Å². The standard InChI is InChI=1S/C14H17F2NO3S/c1-14(2,13(19)20)8-17-12(18)5-6-21-9-3-4-10(15)11(16)7-9/h3-4,7H,5-6,8H2,1-2H3,(H,17,18)(H,19,20). The fourth-order valence-corrected chi connectivity index (χ4v) is 2.19. The molecule has 2 N–H and O–H groups in total. The zero-order valence-electron chi connectivity index (χ0n) is 11.8. The first-order valence-corrected chi connectivity index (χ1v) is 7.29. The van der Waals surface area contributed by atoms with Crippen molar-refractivity contribution in [2.75, 3.05) is 12.3 Å². The Morgan fingerprint density at radius 1 is 1.29 bits per heavy atom. The number of hydrogen-bond acceptors (Lipinski definition) is 3. The van der Waals surface area contributed by atoms with Gasteiger partial charge in [0.15, 0.2) is 11.6 Å². The van der Waals surface area contributed by atoms with E-state index < -0.39 is 23.0 Å². The van der Waals surface area contributed by atoms with Crippen LogP contribution < -0.4 is 5.32 Å². The number of hydrogen-bond donors (Lipinski definition) is 2. The molecule has 0 fully saturated rings. The van der Waals surface area contributed by atoms with Gasteiger partial charge in [0, 0.05) is 23.6 Å². The second-order valence-corrected chi connectivity index (χ2v) is 6.31. The molecule has 0 aromatic heterocycles. The van der Waals surface area contributed by atoms with Gasteiger partial charge in [-0.25, -0.2) is 8.78 Å². The monoisotopic (exact) mass is 317 g/mol. The number of aliphatic carboxylic acids is 1. The van der Waals surface area contributed by atoms with Gasteiger partial charge in [-0.15, -0.1) is 11.8 Å². The van der Waals surface area contributed by atoms with Gasteiger partial charge in [0.2, 0.25) is 5.91 Å². The van der Waals surface area contributed by atoms with E-state index in [1.165, 1.54) is 31.7 Å². The van der Waals surface area contributed by atoms with Crippen molar-refractivity contribution in [1.29, 1.82) is 0 Å². The lowest BCUT2D eigenvalue weighted by Gasteiger charge is -2.19. The predicted molar refractivity (Wildman–Crippen MR) is 76.1 cm³/mol. The first kappa shape index (κ1) is 17.4. The van der Waals surface area contributed by atoms with E-state index in [1.807, 2.05) is 0 Å². The second-order valence-electron chi connectivity index (χ2n) is 5.14. The molecule has 0 aliphatic carbocycles. The normalized spacial score (nSPS) is 11.2. The number of carbonyl (C=O) groups is 2. The van der Waals surface area contributed by atoms with E-state index >= 15 is 0 Å². The molecule has 0 saturated heterocycles. The lowest BCUT2D eigenvalue weighted by molar-refractivity contribution is -0.146. The van der Waals surface area contributed by atoms with Gasteiger partial charge >= 0.3 is 5.97 Å². The zero-order chi connectivity index (χ0) is 16.0. The molecule has 0 aliphatic rings. The van der Waals surface area contributed by atoms with Crippen LogP contribution >= 0.6 is 11.8 Å². The van der Waals surface area contributed by atoms with Crippen molar-refractivity contribution in [3.8, 4) is 0 Å². The Bertz CT molecular complexity index is 535. The Labute approximate surface area is 125 Å². The minimum absolute atomic E-state index is 0.0387. The molecule has 0 radical (unpaired) electrons. The fraction of sp³-hybridized carbons (Fsp3) is 0.429. The fourth-order valence-electron chi connectivity index (χ4n) is 1.31. The number of rotatable bonds is 7. The van der Waals surface area contributed by atoms with Crippen LogP contribution in [-0.4, -0.2) is 29.3 Å². The molecule has 1 rings (SSSR count). The van der Waals surface area contributed by atoms with Crippen LogP contribution in [0.15, 0.2) is 23.1 Å². The molecule has 4 nitrogen and oxygen atoms in total. The summed E-state index contributed by atoms with van der Waals surface area (Å²) >= 11 is 1.23. The highest BCUT2D eigenvalue weighted by Crippen LogP contribution is 2.21. The van der Waals surface area contributed by atoms with Crippen molar-refractivity contribution in [2.45, 2.75) is 25.2 Å². The quantitative estimate of drug-likeness (QED) is 0.759. The summed E-state index contributed by atoms with van der Waals surface area (Å²) in [6, 6.07) is 3.55. The Balaban J connectivity index is 2.34. The molecule has 0 heterocycles. The van der Waals surface area contributed by atoms with E-state index in [4.69, 9.17) is 5.11 Å². The number of carboxylic acid groups (broad SMARTS) is 1. The van der Waals surface area contributed by atoms with Gasteiger partial charge in [0.1, 0.15) is 0 Å². The zero-order valence-corrected chi connectivity index (χ0v) is 12.6. The van der Waals surface area contributed by atoms with Crippen LogP contribution in [0.5, 0.6) is 0 Å². The molecule has 0 aliphatic heterocycles. The number of carbonyl (C=O) groups excluding carboxylic acids is 1. The first-order valence-electron chi connectivity index (χ1n) is 6.30. The summed E-state index contributed by atoms with van der Waals surface area (Å²) in [4.78, 5) is 23.0. The van der Waals surface area contributed by atoms with Gasteiger partial charge in [-0.2, -0.15) is 0 Å². The van der Waals surface area contributed by atoms with E-state index in [9.17, 15) is 18.4 Å². The SMILES string of the molecule is CC(C)(CNC(=O)CCSc1ccc(F)c(F)c1)C(=O)O. The lowest BCUT2D eigenvalue weighted by atomic mass is 9.94. The summed E-state index contributed by atoms with van der Waals surface area (Å²) in [6.07, 6.45) is 0.166. The number of benzene rings is 1. The van der Waals surface area contributed by atoms with Crippen molar-refractivity contribution < 1.29 is 23.5 Å². The van der Waals surface area contributed by atoms with Crippen LogP contribution in [-0.2, 0) is 9.59 Å². The largest absolute Gasteiger partial charge is 0.481 e. The average Bonchev–Trinajstić information content (AvgIpc) is 2.40. The Hall–Kier alpha value is -1.63. The molecular formula is C14H17F2NO3S. The van der Waals surface area contributed by atoms with Gasteiger partial charge in [-0.3, -0.25) is 9.59 Å². The number of amides is 1. The maximum absolute atomic E-state index is 13.0. The van der Waals surface area contributed by atoms with Crippen molar-refractivity contribution >= 4 is 23.6 Å². The average molecular weight is 317 g/mol. The summed E-state index contributed by atoms with van der Waals surface area (Å²) in [6.45, 7) is 3.08. The van der Waals surface area contributed by atoms with E-state index in [2.05, 4.69) is 5.32 Å². The number of thioether (sulfide) groups is 1.